The Morgan fingerprint density at radius 3 is 2.64 bits per heavy atom. The van der Waals surface area contributed by atoms with Crippen LogP contribution in [0.25, 0.3) is 0 Å². The quantitative estimate of drug-likeness (QED) is 0.866. The Morgan fingerprint density at radius 2 is 2.21 bits per heavy atom. The van der Waals surface area contributed by atoms with Crippen LogP contribution in [0.2, 0.25) is 5.02 Å². The SMILES string of the molecule is OCc1cnc(CBr)c(Cl)c1C(F)F. The van der Waals surface area contributed by atoms with Crippen LogP contribution in [0, 0.1) is 0 Å². The third-order valence-electron chi connectivity index (χ3n) is 1.73. The van der Waals surface area contributed by atoms with Crippen LogP contribution in [0.3, 0.4) is 0 Å². The molecule has 0 amide bonds. The zero-order chi connectivity index (χ0) is 10.7. The number of alkyl halides is 3. The second-order valence-corrected chi connectivity index (χ2v) is 3.49. The normalized spacial score (nSPS) is 11.0. The monoisotopic (exact) mass is 285 g/mol. The van der Waals surface area contributed by atoms with E-state index in [9.17, 15) is 8.78 Å². The van der Waals surface area contributed by atoms with Gasteiger partial charge in [0.2, 0.25) is 0 Å². The van der Waals surface area contributed by atoms with Crippen LogP contribution in [-0.2, 0) is 11.9 Å². The summed E-state index contributed by atoms with van der Waals surface area (Å²) in [5, 5.41) is 9.03. The number of nitrogens with zero attached hydrogens (tertiary/aromatic N) is 1. The van der Waals surface area contributed by atoms with Gasteiger partial charge in [0.1, 0.15) is 0 Å². The van der Waals surface area contributed by atoms with Crippen LogP contribution in [0.15, 0.2) is 6.20 Å². The lowest BCUT2D eigenvalue weighted by molar-refractivity contribution is 0.147. The molecule has 1 rings (SSSR count). The van der Waals surface area contributed by atoms with Gasteiger partial charge in [-0.1, -0.05) is 27.5 Å². The number of rotatable bonds is 3. The summed E-state index contributed by atoms with van der Waals surface area (Å²) in [6, 6.07) is 0. The largest absolute Gasteiger partial charge is 0.392 e. The van der Waals surface area contributed by atoms with Crippen molar-refractivity contribution in [1.82, 2.24) is 4.98 Å². The minimum absolute atomic E-state index is 0.0645. The molecule has 0 unspecified atom stereocenters. The summed E-state index contributed by atoms with van der Waals surface area (Å²) in [5.74, 6) is 0. The molecule has 1 N–H and O–H groups in total. The van der Waals surface area contributed by atoms with Crippen molar-refractivity contribution in [2.24, 2.45) is 0 Å². The van der Waals surface area contributed by atoms with Crippen LogP contribution >= 0.6 is 27.5 Å². The average molecular weight is 287 g/mol. The highest BCUT2D eigenvalue weighted by Crippen LogP contribution is 2.32. The summed E-state index contributed by atoms with van der Waals surface area (Å²) < 4.78 is 25.1. The molecule has 1 aromatic heterocycles. The van der Waals surface area contributed by atoms with Gasteiger partial charge in [0.05, 0.1) is 17.3 Å². The van der Waals surface area contributed by atoms with Crippen LogP contribution in [0.5, 0.6) is 0 Å². The van der Waals surface area contributed by atoms with Gasteiger partial charge in [0, 0.05) is 22.7 Å². The van der Waals surface area contributed by atoms with E-state index < -0.39 is 13.0 Å². The molecule has 0 saturated heterocycles. The molecule has 2 nitrogen and oxygen atoms in total. The van der Waals surface area contributed by atoms with Gasteiger partial charge in [-0.2, -0.15) is 0 Å². The summed E-state index contributed by atoms with van der Waals surface area (Å²) in [4.78, 5) is 3.84. The molecular weight excluding hydrogens is 279 g/mol. The Bertz CT molecular complexity index is 335. The maximum Gasteiger partial charge on any atom is 0.265 e. The zero-order valence-corrected chi connectivity index (χ0v) is 9.32. The highest BCUT2D eigenvalue weighted by Gasteiger charge is 2.19. The van der Waals surface area contributed by atoms with Gasteiger partial charge in [0.25, 0.3) is 6.43 Å². The minimum atomic E-state index is -2.70. The summed E-state index contributed by atoms with van der Waals surface area (Å²) in [7, 11) is 0. The van der Waals surface area contributed by atoms with Crippen molar-refractivity contribution in [3.8, 4) is 0 Å². The van der Waals surface area contributed by atoms with E-state index in [0.717, 1.165) is 0 Å². The van der Waals surface area contributed by atoms with Gasteiger partial charge in [-0.05, 0) is 0 Å². The van der Waals surface area contributed by atoms with E-state index in [1.54, 1.807) is 0 Å². The predicted octanol–water partition coefficient (Wildman–Crippen LogP) is 3.06. The van der Waals surface area contributed by atoms with Gasteiger partial charge < -0.3 is 5.11 Å². The van der Waals surface area contributed by atoms with Crippen LogP contribution < -0.4 is 0 Å². The summed E-state index contributed by atoms with van der Waals surface area (Å²) in [6.45, 7) is -0.491. The average Bonchev–Trinajstić information content (AvgIpc) is 2.16. The first-order valence-electron chi connectivity index (χ1n) is 3.73. The molecule has 0 aromatic carbocycles. The Balaban J connectivity index is 3.31. The standard InChI is InChI=1S/C8H7BrClF2NO/c9-1-5-7(10)6(8(11)12)4(3-14)2-13-5/h2,8,14H,1,3H2. The van der Waals surface area contributed by atoms with Crippen molar-refractivity contribution < 1.29 is 13.9 Å². The molecule has 78 valence electrons. The van der Waals surface area contributed by atoms with E-state index in [0.29, 0.717) is 11.0 Å². The van der Waals surface area contributed by atoms with Crippen molar-refractivity contribution in [2.45, 2.75) is 18.4 Å². The Kier molecular flexibility index (Phi) is 4.22. The van der Waals surface area contributed by atoms with Crippen LogP contribution in [-0.4, -0.2) is 10.1 Å². The molecule has 0 radical (unpaired) electrons. The maximum atomic E-state index is 12.6. The molecule has 1 aromatic rings. The van der Waals surface area contributed by atoms with Crippen molar-refractivity contribution in [3.05, 3.63) is 28.0 Å². The maximum absolute atomic E-state index is 12.6. The highest BCUT2D eigenvalue weighted by atomic mass is 79.9. The van der Waals surface area contributed by atoms with Gasteiger partial charge in [-0.3, -0.25) is 4.98 Å². The summed E-state index contributed by atoms with van der Waals surface area (Å²) >= 11 is 8.79. The lowest BCUT2D eigenvalue weighted by Crippen LogP contribution is -2.01. The molecule has 1 heterocycles. The van der Waals surface area contributed by atoms with Crippen LogP contribution in [0.1, 0.15) is 23.2 Å². The number of aromatic nitrogens is 1. The lowest BCUT2D eigenvalue weighted by atomic mass is 10.1. The molecule has 0 bridgehead atoms. The fourth-order valence-corrected chi connectivity index (χ4v) is 1.94. The lowest BCUT2D eigenvalue weighted by Gasteiger charge is -2.10. The van der Waals surface area contributed by atoms with E-state index in [-0.39, 0.29) is 16.1 Å². The third-order valence-corrected chi connectivity index (χ3v) is 2.68. The number of pyridine rings is 1. The molecule has 0 spiro atoms. The second-order valence-electron chi connectivity index (χ2n) is 2.55. The van der Waals surface area contributed by atoms with E-state index in [4.69, 9.17) is 16.7 Å². The summed E-state index contributed by atoms with van der Waals surface area (Å²) in [5.41, 5.74) is 0.0764. The van der Waals surface area contributed by atoms with E-state index in [1.165, 1.54) is 6.20 Å². The topological polar surface area (TPSA) is 33.1 Å². The minimum Gasteiger partial charge on any atom is -0.392 e. The Morgan fingerprint density at radius 1 is 1.57 bits per heavy atom. The van der Waals surface area contributed by atoms with Gasteiger partial charge in [-0.15, -0.1) is 0 Å². The number of aliphatic hydroxyl groups is 1. The number of aliphatic hydroxyl groups excluding tert-OH is 1. The van der Waals surface area contributed by atoms with Gasteiger partial charge in [-0.25, -0.2) is 8.78 Å². The van der Waals surface area contributed by atoms with Crippen molar-refractivity contribution in [3.63, 3.8) is 0 Å². The first-order valence-corrected chi connectivity index (χ1v) is 5.22. The van der Waals surface area contributed by atoms with E-state index >= 15 is 0 Å². The van der Waals surface area contributed by atoms with E-state index in [2.05, 4.69) is 20.9 Å². The van der Waals surface area contributed by atoms with Crippen LogP contribution in [0.4, 0.5) is 8.78 Å². The highest BCUT2D eigenvalue weighted by molar-refractivity contribution is 9.08. The van der Waals surface area contributed by atoms with Crippen molar-refractivity contribution in [2.75, 3.05) is 0 Å². The molecule has 6 heteroatoms. The van der Waals surface area contributed by atoms with E-state index in [1.807, 2.05) is 0 Å². The first kappa shape index (κ1) is 11.8. The fraction of sp³-hybridized carbons (Fsp3) is 0.375. The Labute approximate surface area is 93.0 Å². The molecule has 0 saturated carbocycles. The first-order chi connectivity index (χ1) is 6.61. The van der Waals surface area contributed by atoms with Crippen molar-refractivity contribution in [1.29, 1.82) is 0 Å². The van der Waals surface area contributed by atoms with Gasteiger partial charge in [0.15, 0.2) is 0 Å². The number of halogens is 4. The third kappa shape index (κ3) is 2.21. The fourth-order valence-electron chi connectivity index (χ4n) is 1.03. The zero-order valence-electron chi connectivity index (χ0n) is 6.98. The van der Waals surface area contributed by atoms with Gasteiger partial charge >= 0.3 is 0 Å². The molecule has 0 aliphatic carbocycles. The number of hydrogen-bond acceptors (Lipinski definition) is 2. The van der Waals surface area contributed by atoms with Crippen molar-refractivity contribution >= 4 is 27.5 Å². The molecule has 0 fully saturated rings. The number of hydrogen-bond donors (Lipinski definition) is 1. The smallest absolute Gasteiger partial charge is 0.265 e. The molecule has 14 heavy (non-hydrogen) atoms. The molecule has 0 aliphatic rings. The summed E-state index contributed by atoms with van der Waals surface area (Å²) in [6.07, 6.45) is -1.49. The molecule has 0 aliphatic heterocycles. The molecule has 0 atom stereocenters. The Hall–Kier alpha value is -0.260. The predicted molar refractivity (Wildman–Crippen MR) is 52.8 cm³/mol. The molecular formula is C8H7BrClF2NO. The second kappa shape index (κ2) is 5.00.